The van der Waals surface area contributed by atoms with Crippen LogP contribution in [0.1, 0.15) is 71.9 Å². The van der Waals surface area contributed by atoms with Gasteiger partial charge >= 0.3 is 6.09 Å². The second-order valence-corrected chi connectivity index (χ2v) is 9.67. The lowest BCUT2D eigenvalue weighted by atomic mass is 9.75. The molecule has 1 aromatic rings. The molecule has 1 aromatic heterocycles. The van der Waals surface area contributed by atoms with Crippen molar-refractivity contribution in [2.75, 3.05) is 6.54 Å². The van der Waals surface area contributed by atoms with E-state index in [4.69, 9.17) is 16.3 Å². The number of hydrogen-bond donors (Lipinski definition) is 0. The van der Waals surface area contributed by atoms with Crippen molar-refractivity contribution in [3.63, 3.8) is 0 Å². The van der Waals surface area contributed by atoms with E-state index in [0.717, 1.165) is 28.7 Å². The number of rotatable bonds is 3. The van der Waals surface area contributed by atoms with E-state index in [2.05, 4.69) is 4.98 Å². The average Bonchev–Trinajstić information content (AvgIpc) is 2.68. The van der Waals surface area contributed by atoms with E-state index in [-0.39, 0.29) is 23.5 Å². The van der Waals surface area contributed by atoms with Gasteiger partial charge in [0.15, 0.2) is 11.0 Å². The van der Waals surface area contributed by atoms with Gasteiger partial charge in [-0.25, -0.2) is 19.1 Å². The van der Waals surface area contributed by atoms with Crippen molar-refractivity contribution in [1.82, 2.24) is 9.88 Å². The predicted molar refractivity (Wildman–Crippen MR) is 119 cm³/mol. The zero-order chi connectivity index (χ0) is 23.1. The van der Waals surface area contributed by atoms with Crippen molar-refractivity contribution in [1.29, 1.82) is 0 Å². The Bertz CT molecular complexity index is 991. The molecule has 0 bridgehead atoms. The Hall–Kier alpha value is -2.21. The van der Waals surface area contributed by atoms with E-state index < -0.39 is 17.5 Å². The monoisotopic (exact) mass is 448 g/mol. The van der Waals surface area contributed by atoms with Crippen LogP contribution < -0.4 is 0 Å². The molecular formula is C24H30ClFN2O3. The predicted octanol–water partition coefficient (Wildman–Crippen LogP) is 6.10. The number of imide groups is 1. The van der Waals surface area contributed by atoms with Crippen LogP contribution in [0.15, 0.2) is 22.9 Å². The zero-order valence-corrected chi connectivity index (χ0v) is 19.8. The highest BCUT2D eigenvalue weighted by Crippen LogP contribution is 2.44. The largest absolute Gasteiger partial charge is 0.443 e. The number of carbonyl (C=O) groups excluding carboxylic acids is 2. The van der Waals surface area contributed by atoms with Crippen molar-refractivity contribution < 1.29 is 18.7 Å². The van der Waals surface area contributed by atoms with Gasteiger partial charge in [-0.15, -0.1) is 0 Å². The Balaban J connectivity index is 2.15. The summed E-state index contributed by atoms with van der Waals surface area (Å²) in [5.74, 6) is -0.915. The van der Waals surface area contributed by atoms with Crippen LogP contribution in [-0.2, 0) is 16.0 Å². The number of aromatic nitrogens is 1. The molecule has 0 spiro atoms. The number of halogens is 2. The molecular weight excluding hydrogens is 419 g/mol. The van der Waals surface area contributed by atoms with Crippen LogP contribution in [0.3, 0.4) is 0 Å². The van der Waals surface area contributed by atoms with Gasteiger partial charge in [-0.05, 0) is 76.0 Å². The highest BCUT2D eigenvalue weighted by Gasteiger charge is 2.37. The zero-order valence-electron chi connectivity index (χ0n) is 19.1. The van der Waals surface area contributed by atoms with Gasteiger partial charge < -0.3 is 4.74 Å². The fourth-order valence-corrected chi connectivity index (χ4v) is 4.38. The van der Waals surface area contributed by atoms with Crippen LogP contribution >= 0.6 is 11.6 Å². The molecule has 0 fully saturated rings. The maximum Gasteiger partial charge on any atom is 0.417 e. The Morgan fingerprint density at radius 1 is 1.32 bits per heavy atom. The summed E-state index contributed by atoms with van der Waals surface area (Å²) < 4.78 is 20.6. The van der Waals surface area contributed by atoms with Gasteiger partial charge in [-0.1, -0.05) is 31.0 Å². The lowest BCUT2D eigenvalue weighted by Gasteiger charge is -2.34. The minimum Gasteiger partial charge on any atom is -0.443 e. The first-order valence-electron chi connectivity index (χ1n) is 10.8. The first-order valence-corrected chi connectivity index (χ1v) is 11.1. The number of carbonyl (C=O) groups is 2. The van der Waals surface area contributed by atoms with E-state index >= 15 is 4.39 Å². The molecule has 0 saturated carbocycles. The van der Waals surface area contributed by atoms with Gasteiger partial charge in [0, 0.05) is 23.9 Å². The quantitative estimate of drug-likeness (QED) is 0.524. The minimum atomic E-state index is -0.703. The molecule has 7 heteroatoms. The molecule has 2 heterocycles. The molecule has 3 rings (SSSR count). The highest BCUT2D eigenvalue weighted by atomic mass is 35.5. The van der Waals surface area contributed by atoms with Gasteiger partial charge in [0.05, 0.1) is 0 Å². The summed E-state index contributed by atoms with van der Waals surface area (Å²) in [5.41, 5.74) is 3.56. The van der Waals surface area contributed by atoms with Crippen molar-refractivity contribution in [2.45, 2.75) is 72.8 Å². The summed E-state index contributed by atoms with van der Waals surface area (Å²) in [6, 6.07) is 0. The van der Waals surface area contributed by atoms with Crippen LogP contribution in [0.4, 0.5) is 9.18 Å². The normalized spacial score (nSPS) is 18.3. The standard InChI is InChI=1S/C24H30ClFN2O3/c1-7-13(2)17-16(9-8-15-12-27-21(25)20(26)19(15)17)18-14(3)10-11-28(22(18)29)23(30)31-24(4,5)6/h12-13H,7-11H2,1-6H3. The third kappa shape index (κ3) is 4.54. The topological polar surface area (TPSA) is 59.5 Å². The summed E-state index contributed by atoms with van der Waals surface area (Å²) in [7, 11) is 0. The summed E-state index contributed by atoms with van der Waals surface area (Å²) in [5, 5.41) is -0.170. The summed E-state index contributed by atoms with van der Waals surface area (Å²) >= 11 is 6.02. The van der Waals surface area contributed by atoms with Crippen molar-refractivity contribution in [2.24, 2.45) is 5.92 Å². The molecule has 2 amide bonds. The highest BCUT2D eigenvalue weighted by molar-refractivity contribution is 6.29. The second-order valence-electron chi connectivity index (χ2n) is 9.31. The van der Waals surface area contributed by atoms with Gasteiger partial charge in [0.2, 0.25) is 0 Å². The number of ether oxygens (including phenoxy) is 1. The number of fused-ring (bicyclic) bond motifs is 1. The number of aryl methyl sites for hydroxylation is 1. The van der Waals surface area contributed by atoms with E-state index in [1.807, 2.05) is 20.8 Å². The van der Waals surface area contributed by atoms with Gasteiger partial charge in [-0.3, -0.25) is 4.79 Å². The van der Waals surface area contributed by atoms with Crippen molar-refractivity contribution in [3.05, 3.63) is 45.0 Å². The Morgan fingerprint density at radius 2 is 2.00 bits per heavy atom. The first-order chi connectivity index (χ1) is 14.5. The van der Waals surface area contributed by atoms with Crippen LogP contribution in [0.25, 0.3) is 5.57 Å². The minimum absolute atomic E-state index is 0.00650. The van der Waals surface area contributed by atoms with Crippen molar-refractivity contribution >= 4 is 29.2 Å². The molecule has 0 radical (unpaired) electrons. The molecule has 2 aliphatic rings. The molecule has 1 atom stereocenters. The molecule has 1 aliphatic carbocycles. The van der Waals surface area contributed by atoms with Crippen LogP contribution in [0.5, 0.6) is 0 Å². The smallest absolute Gasteiger partial charge is 0.417 e. The van der Waals surface area contributed by atoms with E-state index in [1.165, 1.54) is 4.90 Å². The molecule has 31 heavy (non-hydrogen) atoms. The Morgan fingerprint density at radius 3 is 2.61 bits per heavy atom. The van der Waals surface area contributed by atoms with Crippen LogP contribution in [0, 0.1) is 11.7 Å². The van der Waals surface area contributed by atoms with Gasteiger partial charge in [0.1, 0.15) is 5.60 Å². The lowest BCUT2D eigenvalue weighted by Crippen LogP contribution is -2.45. The maximum atomic E-state index is 15.1. The van der Waals surface area contributed by atoms with Crippen LogP contribution in [-0.4, -0.2) is 34.0 Å². The number of allylic oxidation sites excluding steroid dienone is 1. The lowest BCUT2D eigenvalue weighted by molar-refractivity contribution is -0.126. The number of pyridine rings is 1. The molecule has 0 aromatic carbocycles. The SMILES string of the molecule is CCC(C)C1=C(C2=C(C)CCN(C(=O)OC(C)(C)C)C2=O)CCc2cnc(Cl)c(F)c21. The molecule has 5 nitrogen and oxygen atoms in total. The maximum absolute atomic E-state index is 15.1. The summed E-state index contributed by atoms with van der Waals surface area (Å²) in [4.78, 5) is 31.3. The first kappa shape index (κ1) is 23.5. The second kappa shape index (κ2) is 8.73. The molecule has 0 saturated heterocycles. The number of hydrogen-bond acceptors (Lipinski definition) is 4. The number of amides is 2. The van der Waals surface area contributed by atoms with E-state index in [1.54, 1.807) is 27.0 Å². The van der Waals surface area contributed by atoms with Gasteiger partial charge in [0.25, 0.3) is 5.91 Å². The third-order valence-corrected chi connectivity index (χ3v) is 6.17. The van der Waals surface area contributed by atoms with Gasteiger partial charge in [-0.2, -0.15) is 0 Å². The fraction of sp³-hybridized carbons (Fsp3) is 0.542. The molecule has 1 unspecified atom stereocenters. The van der Waals surface area contributed by atoms with E-state index in [9.17, 15) is 9.59 Å². The summed E-state index contributed by atoms with van der Waals surface area (Å²) in [6.07, 6.45) is 3.44. The fourth-order valence-electron chi connectivity index (χ4n) is 4.23. The molecule has 168 valence electrons. The third-order valence-electron chi connectivity index (χ3n) is 5.91. The van der Waals surface area contributed by atoms with Crippen LogP contribution in [0.2, 0.25) is 5.15 Å². The van der Waals surface area contributed by atoms with E-state index in [0.29, 0.717) is 30.4 Å². The number of nitrogens with zero attached hydrogens (tertiary/aromatic N) is 2. The molecule has 1 aliphatic heterocycles. The Kier molecular flexibility index (Phi) is 6.61. The summed E-state index contributed by atoms with van der Waals surface area (Å²) in [6.45, 7) is 11.5. The van der Waals surface area contributed by atoms with Crippen molar-refractivity contribution in [3.8, 4) is 0 Å². The Labute approximate surface area is 188 Å². The molecule has 0 N–H and O–H groups in total. The average molecular weight is 449 g/mol.